The second-order valence-corrected chi connectivity index (χ2v) is 8.89. The van der Waals surface area contributed by atoms with Gasteiger partial charge in [-0.1, -0.05) is 13.0 Å². The number of hydrogen-bond donors (Lipinski definition) is 0. The number of amides is 1. The van der Waals surface area contributed by atoms with Gasteiger partial charge in [0.15, 0.2) is 0 Å². The summed E-state index contributed by atoms with van der Waals surface area (Å²) in [5, 5.41) is 0. The summed E-state index contributed by atoms with van der Waals surface area (Å²) in [6, 6.07) is 6.74. The minimum Gasteiger partial charge on any atom is -0.380 e. The van der Waals surface area contributed by atoms with Gasteiger partial charge < -0.3 is 9.64 Å². The fourth-order valence-electron chi connectivity index (χ4n) is 3.76. The number of carbonyl (C=O) groups is 1. The Morgan fingerprint density at radius 3 is 2.81 bits per heavy atom. The maximum absolute atomic E-state index is 13.0. The van der Waals surface area contributed by atoms with Gasteiger partial charge in [0, 0.05) is 37.8 Å². The molecule has 0 saturated carbocycles. The van der Waals surface area contributed by atoms with Crippen LogP contribution >= 0.6 is 0 Å². The summed E-state index contributed by atoms with van der Waals surface area (Å²) in [6.45, 7) is 4.63. The monoisotopic (exact) mass is 380 g/mol. The van der Waals surface area contributed by atoms with Crippen molar-refractivity contribution >= 4 is 15.9 Å². The highest BCUT2D eigenvalue weighted by molar-refractivity contribution is 7.89. The molecular formula is C19H28N2O4S. The fourth-order valence-corrected chi connectivity index (χ4v) is 5.27. The Hall–Kier alpha value is -1.44. The van der Waals surface area contributed by atoms with Crippen molar-refractivity contribution in [3.63, 3.8) is 0 Å². The van der Waals surface area contributed by atoms with Crippen molar-refractivity contribution in [3.05, 3.63) is 29.8 Å². The molecule has 26 heavy (non-hydrogen) atoms. The van der Waals surface area contributed by atoms with Crippen molar-refractivity contribution < 1.29 is 17.9 Å². The van der Waals surface area contributed by atoms with Crippen LogP contribution in [0.25, 0.3) is 0 Å². The second-order valence-electron chi connectivity index (χ2n) is 6.95. The first-order valence-electron chi connectivity index (χ1n) is 9.53. The Labute approximate surface area is 156 Å². The van der Waals surface area contributed by atoms with Crippen molar-refractivity contribution in [2.45, 2.75) is 50.0 Å². The van der Waals surface area contributed by atoms with Crippen molar-refractivity contribution in [1.29, 1.82) is 0 Å². The molecule has 2 saturated heterocycles. The lowest BCUT2D eigenvalue weighted by atomic mass is 9.99. The number of likely N-dealkylation sites (tertiary alicyclic amines) is 1. The number of rotatable bonds is 4. The molecule has 2 aliphatic heterocycles. The molecule has 2 aliphatic rings. The van der Waals surface area contributed by atoms with E-state index < -0.39 is 10.0 Å². The standard InChI is InChI=1S/C19H28N2O4S/c1-2-17-8-3-4-11-21(17)19(22)16-7-5-9-18(15-16)26(23,24)20-10-6-13-25-14-12-20/h5,7,9,15,17H,2-4,6,8,10-14H2,1H3. The molecule has 0 aliphatic carbocycles. The number of piperidine rings is 1. The van der Waals surface area contributed by atoms with Crippen LogP contribution in [0.1, 0.15) is 49.4 Å². The molecule has 1 amide bonds. The summed E-state index contributed by atoms with van der Waals surface area (Å²) in [5.41, 5.74) is 0.456. The van der Waals surface area contributed by atoms with Crippen molar-refractivity contribution in [2.75, 3.05) is 32.8 Å². The van der Waals surface area contributed by atoms with Crippen molar-refractivity contribution in [1.82, 2.24) is 9.21 Å². The van der Waals surface area contributed by atoms with E-state index in [9.17, 15) is 13.2 Å². The van der Waals surface area contributed by atoms with Crippen molar-refractivity contribution in [2.24, 2.45) is 0 Å². The van der Waals surface area contributed by atoms with Crippen LogP contribution in [0.4, 0.5) is 0 Å². The molecule has 1 unspecified atom stereocenters. The van der Waals surface area contributed by atoms with Crippen LogP contribution in [0.5, 0.6) is 0 Å². The highest BCUT2D eigenvalue weighted by atomic mass is 32.2. The van der Waals surface area contributed by atoms with Gasteiger partial charge in [0.1, 0.15) is 0 Å². The van der Waals surface area contributed by atoms with Gasteiger partial charge in [-0.3, -0.25) is 4.79 Å². The van der Waals surface area contributed by atoms with Crippen LogP contribution in [-0.2, 0) is 14.8 Å². The van der Waals surface area contributed by atoms with Crippen LogP contribution in [-0.4, -0.2) is 62.4 Å². The third-order valence-corrected chi connectivity index (χ3v) is 7.15. The summed E-state index contributed by atoms with van der Waals surface area (Å²) in [7, 11) is -3.61. The van der Waals surface area contributed by atoms with Gasteiger partial charge >= 0.3 is 0 Å². The van der Waals surface area contributed by atoms with Crippen LogP contribution in [0.3, 0.4) is 0 Å². The molecule has 2 heterocycles. The molecule has 0 bridgehead atoms. The Kier molecular flexibility index (Phi) is 6.32. The normalized spacial score (nSPS) is 22.8. The van der Waals surface area contributed by atoms with E-state index in [1.54, 1.807) is 18.2 Å². The number of sulfonamides is 1. The SMILES string of the molecule is CCC1CCCCN1C(=O)c1cccc(S(=O)(=O)N2CCCOCC2)c1. The van der Waals surface area contributed by atoms with Crippen molar-refractivity contribution in [3.8, 4) is 0 Å². The molecule has 3 rings (SSSR count). The quantitative estimate of drug-likeness (QED) is 0.805. The zero-order valence-electron chi connectivity index (χ0n) is 15.4. The van der Waals surface area contributed by atoms with Gasteiger partial charge in [-0.15, -0.1) is 0 Å². The molecule has 0 radical (unpaired) electrons. The van der Waals surface area contributed by atoms with E-state index in [-0.39, 0.29) is 16.8 Å². The van der Waals surface area contributed by atoms with Crippen LogP contribution in [0.15, 0.2) is 29.2 Å². The number of nitrogens with zero attached hydrogens (tertiary/aromatic N) is 2. The first-order valence-corrected chi connectivity index (χ1v) is 11.0. The van der Waals surface area contributed by atoms with Crippen LogP contribution in [0.2, 0.25) is 0 Å². The predicted molar refractivity (Wildman–Crippen MR) is 99.6 cm³/mol. The van der Waals surface area contributed by atoms with Gasteiger partial charge in [-0.05, 0) is 50.3 Å². The minimum atomic E-state index is -3.61. The van der Waals surface area contributed by atoms with Gasteiger partial charge in [0.2, 0.25) is 10.0 Å². The predicted octanol–water partition coefficient (Wildman–Crippen LogP) is 2.50. The summed E-state index contributed by atoms with van der Waals surface area (Å²) < 4.78 is 32.7. The third-order valence-electron chi connectivity index (χ3n) is 5.26. The van der Waals surface area contributed by atoms with E-state index >= 15 is 0 Å². The van der Waals surface area contributed by atoms with Gasteiger partial charge in [-0.2, -0.15) is 4.31 Å². The molecule has 0 spiro atoms. The summed E-state index contributed by atoms with van der Waals surface area (Å²) >= 11 is 0. The number of ether oxygens (including phenoxy) is 1. The Morgan fingerprint density at radius 2 is 2.00 bits per heavy atom. The number of carbonyl (C=O) groups excluding carboxylic acids is 1. The largest absolute Gasteiger partial charge is 0.380 e. The summed E-state index contributed by atoms with van der Waals surface area (Å²) in [4.78, 5) is 15.1. The van der Waals surface area contributed by atoms with E-state index in [4.69, 9.17) is 4.74 Å². The van der Waals surface area contributed by atoms with E-state index in [2.05, 4.69) is 6.92 Å². The molecule has 6 nitrogen and oxygen atoms in total. The van der Waals surface area contributed by atoms with Gasteiger partial charge in [0.05, 0.1) is 11.5 Å². The average molecular weight is 381 g/mol. The molecule has 1 atom stereocenters. The maximum atomic E-state index is 13.0. The summed E-state index contributed by atoms with van der Waals surface area (Å²) in [6.07, 6.45) is 4.79. The lowest BCUT2D eigenvalue weighted by Crippen LogP contribution is -2.43. The average Bonchev–Trinajstić information content (AvgIpc) is 2.97. The molecule has 1 aromatic rings. The van der Waals surface area contributed by atoms with E-state index in [0.717, 1.165) is 32.2 Å². The number of hydrogen-bond acceptors (Lipinski definition) is 4. The molecule has 1 aromatic carbocycles. The zero-order valence-corrected chi connectivity index (χ0v) is 16.2. The van der Waals surface area contributed by atoms with Gasteiger partial charge in [-0.25, -0.2) is 8.42 Å². The lowest BCUT2D eigenvalue weighted by molar-refractivity contribution is 0.0608. The molecule has 0 N–H and O–H groups in total. The summed E-state index contributed by atoms with van der Waals surface area (Å²) in [5.74, 6) is -0.0622. The lowest BCUT2D eigenvalue weighted by Gasteiger charge is -2.35. The second kappa shape index (κ2) is 8.50. The first kappa shape index (κ1) is 19.3. The Balaban J connectivity index is 1.84. The zero-order chi connectivity index (χ0) is 18.6. The minimum absolute atomic E-state index is 0.0622. The fraction of sp³-hybridized carbons (Fsp3) is 0.632. The van der Waals surface area contributed by atoms with E-state index in [0.29, 0.717) is 38.3 Å². The van der Waals surface area contributed by atoms with E-state index in [1.807, 2.05) is 4.90 Å². The van der Waals surface area contributed by atoms with E-state index in [1.165, 1.54) is 10.4 Å². The van der Waals surface area contributed by atoms with Crippen LogP contribution < -0.4 is 0 Å². The highest BCUT2D eigenvalue weighted by Gasteiger charge is 2.29. The maximum Gasteiger partial charge on any atom is 0.254 e. The van der Waals surface area contributed by atoms with Gasteiger partial charge in [0.25, 0.3) is 5.91 Å². The Bertz CT molecular complexity index is 727. The number of benzene rings is 1. The molecule has 7 heteroatoms. The molecular weight excluding hydrogens is 352 g/mol. The Morgan fingerprint density at radius 1 is 1.15 bits per heavy atom. The molecule has 144 valence electrons. The smallest absolute Gasteiger partial charge is 0.254 e. The third kappa shape index (κ3) is 4.10. The first-order chi connectivity index (χ1) is 12.5. The topological polar surface area (TPSA) is 66.9 Å². The molecule has 0 aromatic heterocycles. The van der Waals surface area contributed by atoms with Crippen LogP contribution in [0, 0.1) is 0 Å². The highest BCUT2D eigenvalue weighted by Crippen LogP contribution is 2.24. The molecule has 2 fully saturated rings.